The minimum absolute atomic E-state index is 0.0339. The van der Waals surface area contributed by atoms with Crippen LogP contribution in [0.2, 0.25) is 0 Å². The van der Waals surface area contributed by atoms with Gasteiger partial charge in [0.1, 0.15) is 11.6 Å². The molecule has 1 aliphatic carbocycles. The fourth-order valence-electron chi connectivity index (χ4n) is 2.94. The van der Waals surface area contributed by atoms with E-state index >= 15 is 0 Å². The fourth-order valence-corrected chi connectivity index (χ4v) is 2.94. The Labute approximate surface area is 117 Å². The maximum atomic E-state index is 11.0. The van der Waals surface area contributed by atoms with Gasteiger partial charge in [0.2, 0.25) is 5.76 Å². The van der Waals surface area contributed by atoms with E-state index in [1.807, 2.05) is 6.92 Å². The van der Waals surface area contributed by atoms with Gasteiger partial charge in [-0.1, -0.05) is 0 Å². The Balaban J connectivity index is 1.93. The first-order valence-corrected chi connectivity index (χ1v) is 6.93. The van der Waals surface area contributed by atoms with Gasteiger partial charge in [-0.15, -0.1) is 0 Å². The van der Waals surface area contributed by atoms with E-state index in [1.165, 1.54) is 24.2 Å². The molecular weight excluding hydrogens is 256 g/mol. The molecule has 0 spiro atoms. The molecule has 0 aliphatic heterocycles. The summed E-state index contributed by atoms with van der Waals surface area (Å²) in [6, 6.07) is 1.80. The van der Waals surface area contributed by atoms with E-state index in [0.29, 0.717) is 17.9 Å². The number of imidazole rings is 1. The average molecular weight is 274 g/mol. The van der Waals surface area contributed by atoms with Crippen LogP contribution in [0.15, 0.2) is 10.5 Å². The lowest BCUT2D eigenvalue weighted by Crippen LogP contribution is -2.10. The van der Waals surface area contributed by atoms with E-state index in [9.17, 15) is 4.79 Å². The van der Waals surface area contributed by atoms with Crippen LogP contribution in [-0.4, -0.2) is 20.6 Å². The molecule has 5 nitrogen and oxygen atoms in total. The van der Waals surface area contributed by atoms with E-state index in [4.69, 9.17) is 9.52 Å². The first kappa shape index (κ1) is 13.0. The smallest absolute Gasteiger partial charge is 0.372 e. The summed E-state index contributed by atoms with van der Waals surface area (Å²) in [7, 11) is 0. The number of aromatic nitrogens is 2. The van der Waals surface area contributed by atoms with Crippen LogP contribution in [0.3, 0.4) is 0 Å². The van der Waals surface area contributed by atoms with Crippen LogP contribution in [0.25, 0.3) is 0 Å². The van der Waals surface area contributed by atoms with Gasteiger partial charge in [0.05, 0.1) is 12.2 Å². The van der Waals surface area contributed by atoms with Gasteiger partial charge in [0.15, 0.2) is 0 Å². The normalized spacial score (nSPS) is 14.3. The van der Waals surface area contributed by atoms with Crippen molar-refractivity contribution in [1.82, 2.24) is 9.55 Å². The number of hydrogen-bond donors (Lipinski definition) is 1. The molecule has 0 amide bonds. The third-order valence-corrected chi connectivity index (χ3v) is 3.90. The van der Waals surface area contributed by atoms with Crippen LogP contribution >= 0.6 is 0 Å². The molecule has 0 bridgehead atoms. The molecule has 2 aromatic heterocycles. The number of aryl methyl sites for hydroxylation is 3. The number of rotatable bonds is 3. The lowest BCUT2D eigenvalue weighted by atomic mass is 10.0. The predicted molar refractivity (Wildman–Crippen MR) is 73.1 cm³/mol. The van der Waals surface area contributed by atoms with E-state index in [1.54, 1.807) is 13.0 Å². The minimum atomic E-state index is -1.02. The Morgan fingerprint density at radius 3 is 2.85 bits per heavy atom. The third-order valence-electron chi connectivity index (χ3n) is 3.90. The van der Waals surface area contributed by atoms with E-state index < -0.39 is 5.97 Å². The summed E-state index contributed by atoms with van der Waals surface area (Å²) < 4.78 is 7.60. The first-order chi connectivity index (χ1) is 9.56. The lowest BCUT2D eigenvalue weighted by Gasteiger charge is -2.13. The molecule has 0 aromatic carbocycles. The first-order valence-electron chi connectivity index (χ1n) is 6.93. The second-order valence-electron chi connectivity index (χ2n) is 5.38. The molecule has 0 unspecified atom stereocenters. The lowest BCUT2D eigenvalue weighted by molar-refractivity contribution is 0.0659. The number of carbonyl (C=O) groups is 1. The molecule has 0 atom stereocenters. The molecule has 0 saturated carbocycles. The van der Waals surface area contributed by atoms with Gasteiger partial charge in [-0.3, -0.25) is 0 Å². The van der Waals surface area contributed by atoms with E-state index in [-0.39, 0.29) is 5.76 Å². The van der Waals surface area contributed by atoms with Gasteiger partial charge < -0.3 is 14.1 Å². The second kappa shape index (κ2) is 4.81. The Hall–Kier alpha value is -2.04. The Morgan fingerprint density at radius 2 is 2.15 bits per heavy atom. The van der Waals surface area contributed by atoms with Gasteiger partial charge in [-0.05, 0) is 45.6 Å². The SMILES string of the molecule is Cc1cc(Cn2c(C)nc3c2CCCC3)oc1C(=O)O. The standard InChI is InChI=1S/C15H18N2O3/c1-9-7-11(20-14(9)15(18)19)8-17-10(2)16-12-5-3-4-6-13(12)17/h7H,3-6,8H2,1-2H3,(H,18,19). The third kappa shape index (κ3) is 2.13. The predicted octanol–water partition coefficient (Wildman–Crippen LogP) is 2.72. The number of furan rings is 1. The number of carboxylic acid groups (broad SMARTS) is 1. The monoisotopic (exact) mass is 274 g/mol. The van der Waals surface area contributed by atoms with Crippen LogP contribution in [0.1, 0.15) is 51.9 Å². The average Bonchev–Trinajstić information content (AvgIpc) is 2.92. The second-order valence-corrected chi connectivity index (χ2v) is 5.38. The summed E-state index contributed by atoms with van der Waals surface area (Å²) in [6.45, 7) is 4.31. The van der Waals surface area contributed by atoms with Crippen molar-refractivity contribution in [3.05, 3.63) is 40.4 Å². The highest BCUT2D eigenvalue weighted by atomic mass is 16.4. The summed E-state index contributed by atoms with van der Waals surface area (Å²) in [5, 5.41) is 9.04. The van der Waals surface area contributed by atoms with Gasteiger partial charge in [0.25, 0.3) is 0 Å². The zero-order valence-electron chi connectivity index (χ0n) is 11.8. The molecule has 1 aliphatic rings. The molecule has 3 rings (SSSR count). The fraction of sp³-hybridized carbons (Fsp3) is 0.467. The largest absolute Gasteiger partial charge is 0.475 e. The number of aromatic carboxylic acids is 1. The number of fused-ring (bicyclic) bond motifs is 1. The zero-order valence-corrected chi connectivity index (χ0v) is 11.8. The molecule has 2 aromatic rings. The minimum Gasteiger partial charge on any atom is -0.475 e. The molecule has 0 fully saturated rings. The number of hydrogen-bond acceptors (Lipinski definition) is 3. The van der Waals surface area contributed by atoms with Gasteiger partial charge >= 0.3 is 5.97 Å². The summed E-state index contributed by atoms with van der Waals surface area (Å²) in [5.41, 5.74) is 3.13. The van der Waals surface area contributed by atoms with Crippen molar-refractivity contribution in [3.8, 4) is 0 Å². The van der Waals surface area contributed by atoms with E-state index in [2.05, 4.69) is 9.55 Å². The maximum Gasteiger partial charge on any atom is 0.372 e. The zero-order chi connectivity index (χ0) is 14.3. The van der Waals surface area contributed by atoms with Crippen LogP contribution in [-0.2, 0) is 19.4 Å². The van der Waals surface area contributed by atoms with Crippen molar-refractivity contribution in [2.24, 2.45) is 0 Å². The van der Waals surface area contributed by atoms with Crippen molar-refractivity contribution in [2.45, 2.75) is 46.1 Å². The highest BCUT2D eigenvalue weighted by molar-refractivity contribution is 5.86. The Morgan fingerprint density at radius 1 is 1.40 bits per heavy atom. The molecule has 20 heavy (non-hydrogen) atoms. The Bertz CT molecular complexity index is 667. The highest BCUT2D eigenvalue weighted by Crippen LogP contribution is 2.24. The van der Waals surface area contributed by atoms with Gasteiger partial charge in [-0.25, -0.2) is 9.78 Å². The van der Waals surface area contributed by atoms with Crippen molar-refractivity contribution >= 4 is 5.97 Å². The van der Waals surface area contributed by atoms with Crippen LogP contribution < -0.4 is 0 Å². The van der Waals surface area contributed by atoms with Gasteiger partial charge in [-0.2, -0.15) is 0 Å². The van der Waals surface area contributed by atoms with E-state index in [0.717, 1.165) is 18.7 Å². The van der Waals surface area contributed by atoms with Gasteiger partial charge in [0, 0.05) is 11.3 Å². The molecule has 2 heterocycles. The van der Waals surface area contributed by atoms with Crippen molar-refractivity contribution in [3.63, 3.8) is 0 Å². The van der Waals surface area contributed by atoms with Crippen molar-refractivity contribution in [1.29, 1.82) is 0 Å². The molecule has 5 heteroatoms. The summed E-state index contributed by atoms with van der Waals surface area (Å²) in [6.07, 6.45) is 4.48. The Kier molecular flexibility index (Phi) is 3.12. The molecular formula is C15H18N2O3. The summed E-state index contributed by atoms with van der Waals surface area (Å²) in [4.78, 5) is 15.6. The number of carboxylic acids is 1. The topological polar surface area (TPSA) is 68.3 Å². The molecule has 1 N–H and O–H groups in total. The van der Waals surface area contributed by atoms with Crippen LogP contribution in [0.5, 0.6) is 0 Å². The molecule has 0 radical (unpaired) electrons. The number of nitrogens with zero attached hydrogens (tertiary/aromatic N) is 2. The summed E-state index contributed by atoms with van der Waals surface area (Å²) in [5.74, 6) is 0.668. The van der Waals surface area contributed by atoms with Crippen LogP contribution in [0.4, 0.5) is 0 Å². The molecule has 0 saturated heterocycles. The highest BCUT2D eigenvalue weighted by Gasteiger charge is 2.20. The molecule has 106 valence electrons. The summed E-state index contributed by atoms with van der Waals surface area (Å²) >= 11 is 0. The quantitative estimate of drug-likeness (QED) is 0.934. The van der Waals surface area contributed by atoms with Crippen LogP contribution in [0, 0.1) is 13.8 Å². The van der Waals surface area contributed by atoms with Crippen molar-refractivity contribution in [2.75, 3.05) is 0 Å². The van der Waals surface area contributed by atoms with Crippen molar-refractivity contribution < 1.29 is 14.3 Å². The maximum absolute atomic E-state index is 11.0.